The molecule has 0 bridgehead atoms. The van der Waals surface area contributed by atoms with Gasteiger partial charge in [0.15, 0.2) is 8.32 Å². The first kappa shape index (κ1) is 21.9. The minimum atomic E-state index is -1.82. The molecule has 2 nitrogen and oxygen atoms in total. The summed E-state index contributed by atoms with van der Waals surface area (Å²) in [5.74, 6) is 0.463. The van der Waals surface area contributed by atoms with E-state index in [0.29, 0.717) is 5.92 Å². The van der Waals surface area contributed by atoms with E-state index >= 15 is 0 Å². The van der Waals surface area contributed by atoms with Crippen LogP contribution in [0, 0.1) is 5.92 Å². The third kappa shape index (κ3) is 6.91. The summed E-state index contributed by atoms with van der Waals surface area (Å²) in [5, 5.41) is 3.86. The summed E-state index contributed by atoms with van der Waals surface area (Å²) in [4.78, 5) is 0. The van der Waals surface area contributed by atoms with Gasteiger partial charge in [0.1, 0.15) is 0 Å². The number of benzene rings is 2. The lowest BCUT2D eigenvalue weighted by Gasteiger charge is -2.41. The topological polar surface area (TPSA) is 21.3 Å². The van der Waals surface area contributed by atoms with Crippen LogP contribution in [0.1, 0.15) is 38.8 Å². The monoisotopic (exact) mass is 383 g/mol. The Bertz CT molecular complexity index is 664. The van der Waals surface area contributed by atoms with Crippen LogP contribution in [-0.2, 0) is 17.4 Å². The molecule has 0 amide bonds. The second kappa shape index (κ2) is 9.68. The van der Waals surface area contributed by atoms with Gasteiger partial charge in [-0.15, -0.1) is 0 Å². The third-order valence-electron chi connectivity index (χ3n) is 5.80. The van der Waals surface area contributed by atoms with Gasteiger partial charge in [0, 0.05) is 13.1 Å². The Morgan fingerprint density at radius 2 is 1.41 bits per heavy atom. The summed E-state index contributed by atoms with van der Waals surface area (Å²) in [6.07, 6.45) is 1.27. The van der Waals surface area contributed by atoms with E-state index in [1.807, 2.05) is 0 Å². The maximum atomic E-state index is 6.85. The summed E-state index contributed by atoms with van der Waals surface area (Å²) in [6, 6.07) is 21.4. The van der Waals surface area contributed by atoms with Crippen molar-refractivity contribution in [3.63, 3.8) is 0 Å². The van der Waals surface area contributed by atoms with Crippen LogP contribution in [0.5, 0.6) is 0 Å². The van der Waals surface area contributed by atoms with Crippen LogP contribution >= 0.6 is 0 Å². The highest BCUT2D eigenvalue weighted by Gasteiger charge is 2.40. The maximum Gasteiger partial charge on any atom is 0.192 e. The summed E-state index contributed by atoms with van der Waals surface area (Å²) in [6.45, 7) is 15.8. The molecule has 1 N–H and O–H groups in total. The van der Waals surface area contributed by atoms with Crippen molar-refractivity contribution in [1.82, 2.24) is 5.32 Å². The van der Waals surface area contributed by atoms with Crippen molar-refractivity contribution in [2.75, 3.05) is 6.54 Å². The molecule has 2 atom stereocenters. The molecule has 148 valence electrons. The molecule has 0 aliphatic carbocycles. The van der Waals surface area contributed by atoms with Crippen molar-refractivity contribution >= 4 is 8.32 Å². The molecule has 27 heavy (non-hydrogen) atoms. The van der Waals surface area contributed by atoms with E-state index in [1.165, 1.54) is 11.1 Å². The maximum absolute atomic E-state index is 6.85. The van der Waals surface area contributed by atoms with E-state index in [-0.39, 0.29) is 11.1 Å². The zero-order valence-corrected chi connectivity index (χ0v) is 19.0. The normalized spacial score (nSPS) is 14.7. The highest BCUT2D eigenvalue weighted by atomic mass is 28.4. The lowest BCUT2D eigenvalue weighted by molar-refractivity contribution is 0.123. The summed E-state index contributed by atoms with van der Waals surface area (Å²) in [5.41, 5.74) is 2.70. The Labute approximate surface area is 167 Å². The smallest absolute Gasteiger partial charge is 0.192 e. The van der Waals surface area contributed by atoms with E-state index in [0.717, 1.165) is 19.5 Å². The Morgan fingerprint density at radius 3 is 1.93 bits per heavy atom. The number of nitrogens with one attached hydrogen (secondary N) is 1. The van der Waals surface area contributed by atoms with Crippen molar-refractivity contribution in [1.29, 1.82) is 0 Å². The average molecular weight is 384 g/mol. The van der Waals surface area contributed by atoms with Crippen LogP contribution in [0.25, 0.3) is 0 Å². The van der Waals surface area contributed by atoms with Crippen molar-refractivity contribution < 1.29 is 4.43 Å². The van der Waals surface area contributed by atoms with E-state index in [9.17, 15) is 0 Å². The predicted molar refractivity (Wildman–Crippen MR) is 120 cm³/mol. The molecule has 2 rings (SSSR count). The lowest BCUT2D eigenvalue weighted by atomic mass is 9.96. The fourth-order valence-electron chi connectivity index (χ4n) is 2.99. The van der Waals surface area contributed by atoms with Crippen molar-refractivity contribution in [2.45, 2.75) is 64.9 Å². The molecule has 0 heterocycles. The first-order chi connectivity index (χ1) is 12.7. The fraction of sp³-hybridized carbons (Fsp3) is 0.500. The molecular formula is C24H37NOSi. The van der Waals surface area contributed by atoms with Crippen LogP contribution in [0.3, 0.4) is 0 Å². The largest absolute Gasteiger partial charge is 0.412 e. The summed E-state index contributed by atoms with van der Waals surface area (Å²) in [7, 11) is -1.82. The average Bonchev–Trinajstić information content (AvgIpc) is 2.61. The molecule has 0 aliphatic rings. The van der Waals surface area contributed by atoms with Gasteiger partial charge in [0.2, 0.25) is 0 Å². The van der Waals surface area contributed by atoms with E-state index < -0.39 is 8.32 Å². The van der Waals surface area contributed by atoms with Crippen molar-refractivity contribution in [3.8, 4) is 0 Å². The van der Waals surface area contributed by atoms with Gasteiger partial charge in [-0.3, -0.25) is 0 Å². The van der Waals surface area contributed by atoms with Crippen molar-refractivity contribution in [2.24, 2.45) is 5.92 Å². The second-order valence-corrected chi connectivity index (χ2v) is 14.0. The molecule has 0 saturated carbocycles. The lowest BCUT2D eigenvalue weighted by Crippen LogP contribution is -2.48. The quantitative estimate of drug-likeness (QED) is 0.533. The number of hydrogen-bond acceptors (Lipinski definition) is 2. The van der Waals surface area contributed by atoms with Gasteiger partial charge < -0.3 is 9.74 Å². The summed E-state index contributed by atoms with van der Waals surface area (Å²) >= 11 is 0. The fourth-order valence-corrected chi connectivity index (χ4v) is 4.41. The minimum Gasteiger partial charge on any atom is -0.412 e. The Morgan fingerprint density at radius 1 is 0.889 bits per heavy atom. The molecule has 0 fully saturated rings. The zero-order valence-electron chi connectivity index (χ0n) is 18.0. The zero-order chi connectivity index (χ0) is 19.9. The van der Waals surface area contributed by atoms with Crippen LogP contribution < -0.4 is 5.32 Å². The molecule has 0 spiro atoms. The first-order valence-corrected chi connectivity index (χ1v) is 13.1. The molecule has 2 aromatic carbocycles. The number of hydrogen-bond donors (Lipinski definition) is 1. The van der Waals surface area contributed by atoms with Crippen LogP contribution in [0.15, 0.2) is 60.7 Å². The van der Waals surface area contributed by atoms with Crippen LogP contribution in [-0.4, -0.2) is 21.0 Å². The molecule has 0 radical (unpaired) electrons. The second-order valence-electron chi connectivity index (χ2n) is 9.20. The standard InChI is InChI=1S/C24H37NOSi/c1-20(17-21-13-9-7-10-14-21)23(26-27(5,6)24(2,3)4)19-25-18-22-15-11-8-12-16-22/h7-16,20,23,25H,17-19H2,1-6H3/t20-,23-/m0/s1. The SMILES string of the molecule is C[C@@H](Cc1ccccc1)[C@H](CNCc1ccccc1)O[Si](C)(C)C(C)(C)C. The predicted octanol–water partition coefficient (Wildman–Crippen LogP) is 6.05. The molecule has 0 unspecified atom stereocenters. The number of rotatable bonds is 9. The van der Waals surface area contributed by atoms with E-state index in [1.54, 1.807) is 0 Å². The first-order valence-electron chi connectivity index (χ1n) is 10.2. The molecule has 0 aromatic heterocycles. The Balaban J connectivity index is 2.04. The van der Waals surface area contributed by atoms with Crippen LogP contribution in [0.2, 0.25) is 18.1 Å². The summed E-state index contributed by atoms with van der Waals surface area (Å²) < 4.78 is 6.85. The molecular weight excluding hydrogens is 346 g/mol. The van der Waals surface area contributed by atoms with Gasteiger partial charge >= 0.3 is 0 Å². The van der Waals surface area contributed by atoms with Gasteiger partial charge in [-0.2, -0.15) is 0 Å². The molecule has 0 saturated heterocycles. The molecule has 0 aliphatic heterocycles. The minimum absolute atomic E-state index is 0.217. The van der Waals surface area contributed by atoms with Crippen LogP contribution in [0.4, 0.5) is 0 Å². The highest BCUT2D eigenvalue weighted by Crippen LogP contribution is 2.38. The van der Waals surface area contributed by atoms with Crippen molar-refractivity contribution in [3.05, 3.63) is 71.8 Å². The van der Waals surface area contributed by atoms with E-state index in [4.69, 9.17) is 4.43 Å². The van der Waals surface area contributed by atoms with Gasteiger partial charge in [0.25, 0.3) is 0 Å². The molecule has 2 aromatic rings. The highest BCUT2D eigenvalue weighted by molar-refractivity contribution is 6.74. The van der Waals surface area contributed by atoms with Gasteiger partial charge in [0.05, 0.1) is 6.10 Å². The van der Waals surface area contributed by atoms with Gasteiger partial charge in [-0.1, -0.05) is 88.4 Å². The van der Waals surface area contributed by atoms with Gasteiger partial charge in [-0.05, 0) is 41.6 Å². The molecule has 3 heteroatoms. The van der Waals surface area contributed by atoms with E-state index in [2.05, 4.69) is 107 Å². The third-order valence-corrected chi connectivity index (χ3v) is 10.3. The van der Waals surface area contributed by atoms with Gasteiger partial charge in [-0.25, -0.2) is 0 Å². The Hall–Kier alpha value is -1.42. The Kier molecular flexibility index (Phi) is 7.84.